The molecule has 2 aromatic carbocycles. The molecule has 0 aromatic heterocycles. The van der Waals surface area contributed by atoms with Crippen LogP contribution in [0.2, 0.25) is 0 Å². The van der Waals surface area contributed by atoms with Crippen molar-refractivity contribution in [2.45, 2.75) is 26.7 Å². The van der Waals surface area contributed by atoms with Crippen molar-refractivity contribution in [2.75, 3.05) is 37.8 Å². The van der Waals surface area contributed by atoms with Crippen LogP contribution in [0.5, 0.6) is 5.75 Å². The van der Waals surface area contributed by atoms with E-state index in [4.69, 9.17) is 9.47 Å². The van der Waals surface area contributed by atoms with Gasteiger partial charge in [-0.25, -0.2) is 4.79 Å². The Labute approximate surface area is 184 Å². The van der Waals surface area contributed by atoms with Crippen LogP contribution in [-0.2, 0) is 9.53 Å². The zero-order valence-electron chi connectivity index (χ0n) is 18.3. The summed E-state index contributed by atoms with van der Waals surface area (Å²) in [5.41, 5.74) is 4.36. The highest BCUT2D eigenvalue weighted by molar-refractivity contribution is 5.93. The Bertz CT molecular complexity index is 923. The molecule has 1 aliphatic heterocycles. The van der Waals surface area contributed by atoms with E-state index in [-0.39, 0.29) is 0 Å². The van der Waals surface area contributed by atoms with Gasteiger partial charge in [0.2, 0.25) is 0 Å². The van der Waals surface area contributed by atoms with E-state index < -0.39 is 5.97 Å². The van der Waals surface area contributed by atoms with Crippen LogP contribution >= 0.6 is 0 Å². The molecule has 0 saturated carbocycles. The molecule has 1 N–H and O–H groups in total. The molecule has 0 unspecified atom stereocenters. The van der Waals surface area contributed by atoms with Crippen molar-refractivity contribution < 1.29 is 19.4 Å². The first-order chi connectivity index (χ1) is 15.1. The van der Waals surface area contributed by atoms with Gasteiger partial charge in [-0.05, 0) is 60.4 Å². The molecule has 0 aliphatic carbocycles. The number of aliphatic carboxylic acids is 1. The van der Waals surface area contributed by atoms with Gasteiger partial charge in [0.15, 0.2) is 0 Å². The van der Waals surface area contributed by atoms with Gasteiger partial charge in [-0.3, -0.25) is 0 Å². The molecule has 0 atom stereocenters. The molecule has 1 aliphatic rings. The van der Waals surface area contributed by atoms with Crippen molar-refractivity contribution in [1.29, 1.82) is 0 Å². The summed E-state index contributed by atoms with van der Waals surface area (Å²) < 4.78 is 11.3. The van der Waals surface area contributed by atoms with Crippen molar-refractivity contribution in [1.82, 2.24) is 0 Å². The van der Waals surface area contributed by atoms with E-state index in [1.807, 2.05) is 24.3 Å². The van der Waals surface area contributed by atoms with Gasteiger partial charge >= 0.3 is 5.97 Å². The monoisotopic (exact) mass is 421 g/mol. The number of carboxylic acids is 1. The van der Waals surface area contributed by atoms with Gasteiger partial charge in [-0.15, -0.1) is 0 Å². The van der Waals surface area contributed by atoms with Crippen molar-refractivity contribution in [3.63, 3.8) is 0 Å². The van der Waals surface area contributed by atoms with Crippen molar-refractivity contribution in [2.24, 2.45) is 0 Å². The lowest BCUT2D eigenvalue weighted by atomic mass is 10.00. The quantitative estimate of drug-likeness (QED) is 0.298. The maximum absolute atomic E-state index is 11.4. The zero-order chi connectivity index (χ0) is 22.1. The summed E-state index contributed by atoms with van der Waals surface area (Å²) in [4.78, 5) is 13.6. The number of rotatable bonds is 11. The third-order valence-corrected chi connectivity index (χ3v) is 5.22. The second-order valence-electron chi connectivity index (χ2n) is 7.62. The minimum atomic E-state index is -0.906. The average Bonchev–Trinajstić information content (AvgIpc) is 3.31. The van der Waals surface area contributed by atoms with E-state index in [1.54, 1.807) is 13.0 Å². The molecule has 0 saturated heterocycles. The smallest absolute Gasteiger partial charge is 0.331 e. The van der Waals surface area contributed by atoms with Crippen LogP contribution in [0.3, 0.4) is 0 Å². The Balaban J connectivity index is 1.73. The van der Waals surface area contributed by atoms with E-state index in [1.165, 1.54) is 0 Å². The summed E-state index contributed by atoms with van der Waals surface area (Å²) in [7, 11) is 0. The highest BCUT2D eigenvalue weighted by atomic mass is 16.5. The van der Waals surface area contributed by atoms with Crippen molar-refractivity contribution >= 4 is 17.7 Å². The van der Waals surface area contributed by atoms with E-state index in [0.717, 1.165) is 60.7 Å². The number of ether oxygens (including phenoxy) is 2. The normalized spacial score (nSPS) is 13.6. The Morgan fingerprint density at radius 1 is 1.03 bits per heavy atom. The average molecular weight is 422 g/mol. The van der Waals surface area contributed by atoms with Gasteiger partial charge in [0.25, 0.3) is 0 Å². The van der Waals surface area contributed by atoms with E-state index in [9.17, 15) is 9.90 Å². The first kappa shape index (κ1) is 22.6. The van der Waals surface area contributed by atoms with E-state index >= 15 is 0 Å². The van der Waals surface area contributed by atoms with Crippen LogP contribution in [0.1, 0.15) is 32.3 Å². The van der Waals surface area contributed by atoms with Crippen LogP contribution < -0.4 is 9.64 Å². The number of nitrogens with zero attached hydrogens (tertiary/aromatic N) is 1. The molecule has 164 valence electrons. The van der Waals surface area contributed by atoms with Crippen LogP contribution in [0.15, 0.2) is 60.2 Å². The third-order valence-electron chi connectivity index (χ3n) is 5.22. The molecule has 31 heavy (non-hydrogen) atoms. The maximum Gasteiger partial charge on any atom is 0.331 e. The van der Waals surface area contributed by atoms with Gasteiger partial charge in [-0.1, -0.05) is 43.7 Å². The molecular formula is C26H31NO4. The molecule has 5 heteroatoms. The third kappa shape index (κ3) is 6.46. The van der Waals surface area contributed by atoms with Gasteiger partial charge in [0.05, 0.1) is 6.61 Å². The molecular weight excluding hydrogens is 390 g/mol. The number of unbranched alkanes of at least 4 members (excludes halogenated alkanes) is 1. The lowest BCUT2D eigenvalue weighted by molar-refractivity contribution is -0.132. The molecule has 1 heterocycles. The lowest BCUT2D eigenvalue weighted by Gasteiger charge is -2.21. The van der Waals surface area contributed by atoms with E-state index in [0.29, 0.717) is 18.8 Å². The summed E-state index contributed by atoms with van der Waals surface area (Å²) in [6, 6.07) is 14.2. The van der Waals surface area contributed by atoms with Crippen LogP contribution in [0.4, 0.5) is 5.69 Å². The number of carbonyl (C=O) groups is 1. The topological polar surface area (TPSA) is 59.0 Å². The minimum absolute atomic E-state index is 0.315. The van der Waals surface area contributed by atoms with Crippen LogP contribution in [0, 0.1) is 0 Å². The Morgan fingerprint density at radius 3 is 2.42 bits per heavy atom. The summed E-state index contributed by atoms with van der Waals surface area (Å²) in [5.74, 6) is -0.0967. The van der Waals surface area contributed by atoms with E-state index in [2.05, 4.69) is 42.2 Å². The Morgan fingerprint density at radius 2 is 1.74 bits per heavy atom. The summed E-state index contributed by atoms with van der Waals surface area (Å²) >= 11 is 0. The van der Waals surface area contributed by atoms with Gasteiger partial charge in [0.1, 0.15) is 12.4 Å². The summed E-state index contributed by atoms with van der Waals surface area (Å²) in [5, 5.41) is 9.33. The molecule has 0 bridgehead atoms. The maximum atomic E-state index is 11.4. The zero-order valence-corrected chi connectivity index (χ0v) is 18.3. The predicted molar refractivity (Wildman–Crippen MR) is 126 cm³/mol. The molecule has 3 rings (SSSR count). The van der Waals surface area contributed by atoms with Gasteiger partial charge in [-0.2, -0.15) is 0 Å². The summed E-state index contributed by atoms with van der Waals surface area (Å²) in [6.45, 7) is 7.34. The highest BCUT2D eigenvalue weighted by Gasteiger charge is 2.14. The molecule has 5 nitrogen and oxygen atoms in total. The molecule has 2 aromatic rings. The SMILES string of the molecule is CCCCOCCOc1ccc(-c2ccc(N3CC=CC3)c(C=C(C)C(=O)O)c2)cc1. The highest BCUT2D eigenvalue weighted by Crippen LogP contribution is 2.31. The number of benzene rings is 2. The molecule has 0 amide bonds. The first-order valence-corrected chi connectivity index (χ1v) is 10.8. The molecule has 0 radical (unpaired) electrons. The standard InChI is InChI=1S/C26H31NO4/c1-3-4-15-30-16-17-31-24-10-7-21(8-11-24)22-9-12-25(27-13-5-6-14-27)23(19-22)18-20(2)26(28)29/h5-12,18-19H,3-4,13-17H2,1-2H3,(H,28,29). The van der Waals surface area contributed by atoms with Gasteiger partial charge in [0, 0.05) is 31.0 Å². The summed E-state index contributed by atoms with van der Waals surface area (Å²) in [6.07, 6.45) is 8.20. The number of carboxylic acid groups (broad SMARTS) is 1. The Kier molecular flexibility index (Phi) is 8.30. The number of hydrogen-bond acceptors (Lipinski definition) is 4. The number of anilines is 1. The first-order valence-electron chi connectivity index (χ1n) is 10.8. The fraction of sp³-hybridized carbons (Fsp3) is 0.346. The lowest BCUT2D eigenvalue weighted by Crippen LogP contribution is -2.19. The van der Waals surface area contributed by atoms with Crippen LogP contribution in [0.25, 0.3) is 17.2 Å². The fourth-order valence-electron chi connectivity index (χ4n) is 3.42. The molecule has 0 spiro atoms. The van der Waals surface area contributed by atoms with Crippen LogP contribution in [-0.4, -0.2) is 44.0 Å². The second-order valence-corrected chi connectivity index (χ2v) is 7.62. The number of hydrogen-bond donors (Lipinski definition) is 1. The minimum Gasteiger partial charge on any atom is -0.491 e. The van der Waals surface area contributed by atoms with Crippen molar-refractivity contribution in [3.05, 3.63) is 65.8 Å². The largest absolute Gasteiger partial charge is 0.491 e. The van der Waals surface area contributed by atoms with Gasteiger partial charge < -0.3 is 19.5 Å². The Hall–Kier alpha value is -3.05. The fourth-order valence-corrected chi connectivity index (χ4v) is 3.42. The predicted octanol–water partition coefficient (Wildman–Crippen LogP) is 5.41. The molecule has 0 fully saturated rings. The second kappa shape index (κ2) is 11.4. The van der Waals surface area contributed by atoms with Crippen molar-refractivity contribution in [3.8, 4) is 16.9 Å².